The third-order valence-electron chi connectivity index (χ3n) is 3.17. The fourth-order valence-electron chi connectivity index (χ4n) is 2.04. The summed E-state index contributed by atoms with van der Waals surface area (Å²) in [4.78, 5) is 16.1. The van der Waals surface area contributed by atoms with E-state index in [1.54, 1.807) is 12.4 Å². The Labute approximate surface area is 118 Å². The summed E-state index contributed by atoms with van der Waals surface area (Å²) in [5.41, 5.74) is 1.91. The van der Waals surface area contributed by atoms with E-state index in [1.165, 1.54) is 7.11 Å². The molecular weight excluding hydrogens is 252 g/mol. The number of ether oxygens (including phenoxy) is 1. The van der Waals surface area contributed by atoms with Crippen LogP contribution >= 0.6 is 0 Å². The fourth-order valence-corrected chi connectivity index (χ4v) is 2.04. The Bertz CT molecular complexity index is 543. The van der Waals surface area contributed by atoms with Crippen molar-refractivity contribution in [3.63, 3.8) is 0 Å². The molecule has 2 unspecified atom stereocenters. The van der Waals surface area contributed by atoms with Crippen molar-refractivity contribution in [1.29, 1.82) is 0 Å². The number of hydrogen-bond donors (Lipinski definition) is 1. The number of nitrogens with one attached hydrogen (secondary N) is 1. The highest BCUT2D eigenvalue weighted by molar-refractivity contribution is 5.77. The van der Waals surface area contributed by atoms with E-state index in [0.717, 1.165) is 11.1 Å². The van der Waals surface area contributed by atoms with Crippen LogP contribution in [-0.2, 0) is 9.53 Å². The summed E-state index contributed by atoms with van der Waals surface area (Å²) in [6.07, 6.45) is 3.52. The van der Waals surface area contributed by atoms with E-state index < -0.39 is 6.04 Å². The summed E-state index contributed by atoms with van der Waals surface area (Å²) in [6.45, 7) is 2.00. The van der Waals surface area contributed by atoms with Crippen molar-refractivity contribution in [2.24, 2.45) is 0 Å². The molecule has 2 aromatic rings. The molecule has 0 radical (unpaired) electrons. The number of rotatable bonds is 5. The van der Waals surface area contributed by atoms with Crippen LogP contribution in [0.25, 0.3) is 0 Å². The highest BCUT2D eigenvalue weighted by atomic mass is 16.5. The van der Waals surface area contributed by atoms with E-state index in [9.17, 15) is 4.79 Å². The molecule has 1 aromatic heterocycles. The van der Waals surface area contributed by atoms with Crippen LogP contribution in [0.1, 0.15) is 30.1 Å². The van der Waals surface area contributed by atoms with Crippen LogP contribution < -0.4 is 5.32 Å². The number of carbonyl (C=O) groups excluding carboxylic acids is 1. The lowest BCUT2D eigenvalue weighted by molar-refractivity contribution is -0.143. The lowest BCUT2D eigenvalue weighted by Crippen LogP contribution is -2.31. The van der Waals surface area contributed by atoms with Gasteiger partial charge in [-0.05, 0) is 24.1 Å². The van der Waals surface area contributed by atoms with E-state index in [0.29, 0.717) is 0 Å². The van der Waals surface area contributed by atoms with Gasteiger partial charge in [0.05, 0.1) is 7.11 Å². The van der Waals surface area contributed by atoms with Crippen molar-refractivity contribution in [3.05, 3.63) is 66.0 Å². The summed E-state index contributed by atoms with van der Waals surface area (Å²) < 4.78 is 4.89. The molecule has 0 saturated carbocycles. The molecule has 4 heteroatoms. The zero-order valence-electron chi connectivity index (χ0n) is 11.6. The maximum Gasteiger partial charge on any atom is 0.327 e. The normalized spacial score (nSPS) is 13.5. The molecule has 1 aromatic carbocycles. The lowest BCUT2D eigenvalue weighted by atomic mass is 10.0. The number of benzene rings is 1. The molecule has 0 aliphatic heterocycles. The van der Waals surface area contributed by atoms with Gasteiger partial charge < -0.3 is 4.74 Å². The number of aromatic nitrogens is 1. The predicted octanol–water partition coefficient (Wildman–Crippen LogP) is 2.65. The summed E-state index contributed by atoms with van der Waals surface area (Å²) in [5, 5.41) is 3.29. The first-order chi connectivity index (χ1) is 9.72. The minimum atomic E-state index is -0.489. The van der Waals surface area contributed by atoms with Crippen LogP contribution in [0.4, 0.5) is 0 Å². The number of carbonyl (C=O) groups is 1. The topological polar surface area (TPSA) is 51.2 Å². The van der Waals surface area contributed by atoms with Crippen LogP contribution in [0.3, 0.4) is 0 Å². The minimum Gasteiger partial charge on any atom is -0.468 e. The number of esters is 1. The van der Waals surface area contributed by atoms with Crippen molar-refractivity contribution in [2.75, 3.05) is 7.11 Å². The van der Waals surface area contributed by atoms with Gasteiger partial charge in [-0.3, -0.25) is 10.3 Å². The van der Waals surface area contributed by atoms with Gasteiger partial charge in [0.1, 0.15) is 6.04 Å². The standard InChI is InChI=1S/C16H18N2O2/c1-12(14-9-6-10-17-11-14)18-15(16(19)20-2)13-7-4-3-5-8-13/h3-12,15,18H,1-2H3. The van der Waals surface area contributed by atoms with Gasteiger partial charge in [-0.25, -0.2) is 4.79 Å². The van der Waals surface area contributed by atoms with Gasteiger partial charge in [-0.1, -0.05) is 36.4 Å². The number of nitrogens with zero attached hydrogens (tertiary/aromatic N) is 1. The lowest BCUT2D eigenvalue weighted by Gasteiger charge is -2.22. The molecule has 0 fully saturated rings. The maximum absolute atomic E-state index is 12.0. The van der Waals surface area contributed by atoms with Crippen molar-refractivity contribution in [1.82, 2.24) is 10.3 Å². The van der Waals surface area contributed by atoms with Crippen LogP contribution in [0.2, 0.25) is 0 Å². The first-order valence-corrected chi connectivity index (χ1v) is 6.51. The molecular formula is C16H18N2O2. The third kappa shape index (κ3) is 3.42. The molecule has 0 bridgehead atoms. The molecule has 1 heterocycles. The SMILES string of the molecule is COC(=O)C(NC(C)c1cccnc1)c1ccccc1. The largest absolute Gasteiger partial charge is 0.468 e. The number of pyridine rings is 1. The van der Waals surface area contributed by atoms with Crippen molar-refractivity contribution in [2.45, 2.75) is 19.0 Å². The van der Waals surface area contributed by atoms with Crippen molar-refractivity contribution in [3.8, 4) is 0 Å². The van der Waals surface area contributed by atoms with E-state index in [1.807, 2.05) is 49.4 Å². The summed E-state index contributed by atoms with van der Waals surface area (Å²) in [7, 11) is 1.40. The molecule has 2 rings (SSSR count). The van der Waals surface area contributed by atoms with E-state index in [4.69, 9.17) is 4.74 Å². The van der Waals surface area contributed by atoms with Crippen LogP contribution in [0.15, 0.2) is 54.9 Å². The highest BCUT2D eigenvalue weighted by Gasteiger charge is 2.23. The van der Waals surface area contributed by atoms with Gasteiger partial charge >= 0.3 is 5.97 Å². The quantitative estimate of drug-likeness (QED) is 0.849. The Morgan fingerprint density at radius 3 is 2.45 bits per heavy atom. The Kier molecular flexibility index (Phi) is 4.85. The minimum absolute atomic E-state index is 0.00648. The van der Waals surface area contributed by atoms with Crippen molar-refractivity contribution < 1.29 is 9.53 Å². The second kappa shape index (κ2) is 6.82. The summed E-state index contributed by atoms with van der Waals surface area (Å²) >= 11 is 0. The first-order valence-electron chi connectivity index (χ1n) is 6.51. The number of methoxy groups -OCH3 is 1. The third-order valence-corrected chi connectivity index (χ3v) is 3.17. The maximum atomic E-state index is 12.0. The van der Waals surface area contributed by atoms with Crippen LogP contribution in [0.5, 0.6) is 0 Å². The van der Waals surface area contributed by atoms with Crippen LogP contribution in [-0.4, -0.2) is 18.1 Å². The zero-order valence-corrected chi connectivity index (χ0v) is 11.6. The Morgan fingerprint density at radius 2 is 1.85 bits per heavy atom. The predicted molar refractivity (Wildman–Crippen MR) is 77.0 cm³/mol. The molecule has 2 atom stereocenters. The Hall–Kier alpha value is -2.20. The van der Waals surface area contributed by atoms with Crippen LogP contribution in [0, 0.1) is 0 Å². The van der Waals surface area contributed by atoms with Gasteiger partial charge in [0.25, 0.3) is 0 Å². The molecule has 4 nitrogen and oxygen atoms in total. The smallest absolute Gasteiger partial charge is 0.327 e. The van der Waals surface area contributed by atoms with E-state index >= 15 is 0 Å². The molecule has 0 aliphatic rings. The van der Waals surface area contributed by atoms with E-state index in [-0.39, 0.29) is 12.0 Å². The molecule has 20 heavy (non-hydrogen) atoms. The number of hydrogen-bond acceptors (Lipinski definition) is 4. The Balaban J connectivity index is 2.19. The molecule has 0 spiro atoms. The monoisotopic (exact) mass is 270 g/mol. The van der Waals surface area contributed by atoms with Gasteiger partial charge in [0, 0.05) is 18.4 Å². The molecule has 1 N–H and O–H groups in total. The molecule has 0 aliphatic carbocycles. The fraction of sp³-hybridized carbons (Fsp3) is 0.250. The second-order valence-corrected chi connectivity index (χ2v) is 4.54. The zero-order chi connectivity index (χ0) is 14.4. The van der Waals surface area contributed by atoms with Crippen molar-refractivity contribution >= 4 is 5.97 Å². The second-order valence-electron chi connectivity index (χ2n) is 4.54. The van der Waals surface area contributed by atoms with Gasteiger partial charge in [-0.15, -0.1) is 0 Å². The average Bonchev–Trinajstić information content (AvgIpc) is 2.53. The molecule has 104 valence electrons. The summed E-state index contributed by atoms with van der Waals surface area (Å²) in [5.74, 6) is -0.299. The highest BCUT2D eigenvalue weighted by Crippen LogP contribution is 2.20. The molecule has 0 amide bonds. The molecule has 0 saturated heterocycles. The van der Waals surface area contributed by atoms with Gasteiger partial charge in [0.2, 0.25) is 0 Å². The first kappa shape index (κ1) is 14.2. The average molecular weight is 270 g/mol. The van der Waals surface area contributed by atoms with E-state index in [2.05, 4.69) is 10.3 Å². The Morgan fingerprint density at radius 1 is 1.15 bits per heavy atom. The van der Waals surface area contributed by atoms with Gasteiger partial charge in [-0.2, -0.15) is 0 Å². The van der Waals surface area contributed by atoms with Gasteiger partial charge in [0.15, 0.2) is 0 Å². The summed E-state index contributed by atoms with van der Waals surface area (Å²) in [6, 6.07) is 12.9.